The lowest BCUT2D eigenvalue weighted by molar-refractivity contribution is 0.0697. The number of aromatic nitrogens is 1. The third-order valence-electron chi connectivity index (χ3n) is 2.66. The van der Waals surface area contributed by atoms with E-state index in [4.69, 9.17) is 9.84 Å². The monoisotopic (exact) mass is 222 g/mol. The average Bonchev–Trinajstić information content (AvgIpc) is 2.65. The molecule has 0 spiro atoms. The van der Waals surface area contributed by atoms with Gasteiger partial charge in [0.1, 0.15) is 5.82 Å². The molecule has 5 nitrogen and oxygen atoms in total. The molecule has 0 saturated carbocycles. The third kappa shape index (κ3) is 2.30. The predicted octanol–water partition coefficient (Wildman–Crippen LogP) is 1.37. The average molecular weight is 222 g/mol. The number of carbonyl (C=O) groups is 1. The number of carboxylic acids is 1. The van der Waals surface area contributed by atoms with Gasteiger partial charge in [0.15, 0.2) is 0 Å². The molecule has 0 amide bonds. The van der Waals surface area contributed by atoms with E-state index >= 15 is 0 Å². The summed E-state index contributed by atoms with van der Waals surface area (Å²) < 4.78 is 5.30. The molecule has 2 N–H and O–H groups in total. The zero-order valence-corrected chi connectivity index (χ0v) is 9.06. The van der Waals surface area contributed by atoms with Crippen molar-refractivity contribution < 1.29 is 14.6 Å². The highest BCUT2D eigenvalue weighted by atomic mass is 16.5. The van der Waals surface area contributed by atoms with Crippen LogP contribution in [0.3, 0.4) is 0 Å². The number of rotatable bonds is 3. The van der Waals surface area contributed by atoms with Crippen LogP contribution in [0.25, 0.3) is 0 Å². The van der Waals surface area contributed by atoms with Crippen molar-refractivity contribution in [2.24, 2.45) is 0 Å². The normalized spacial score (nSPS) is 24.3. The molecule has 16 heavy (non-hydrogen) atoms. The third-order valence-corrected chi connectivity index (χ3v) is 2.66. The van der Waals surface area contributed by atoms with Crippen LogP contribution < -0.4 is 5.32 Å². The van der Waals surface area contributed by atoms with E-state index < -0.39 is 5.97 Å². The van der Waals surface area contributed by atoms with Gasteiger partial charge < -0.3 is 15.2 Å². The zero-order valence-electron chi connectivity index (χ0n) is 9.06. The minimum absolute atomic E-state index is 0.149. The predicted molar refractivity (Wildman–Crippen MR) is 58.7 cm³/mol. The first kappa shape index (κ1) is 10.9. The largest absolute Gasteiger partial charge is 0.478 e. The van der Waals surface area contributed by atoms with E-state index in [2.05, 4.69) is 10.3 Å². The summed E-state index contributed by atoms with van der Waals surface area (Å²) in [5.74, 6) is -0.369. The van der Waals surface area contributed by atoms with E-state index in [0.717, 1.165) is 13.0 Å². The van der Waals surface area contributed by atoms with Gasteiger partial charge in [-0.3, -0.25) is 0 Å². The first-order valence-corrected chi connectivity index (χ1v) is 5.14. The van der Waals surface area contributed by atoms with E-state index in [1.807, 2.05) is 6.92 Å². The number of ether oxygens (including phenoxy) is 1. The van der Waals surface area contributed by atoms with Crippen molar-refractivity contribution in [3.63, 3.8) is 0 Å². The Bertz CT molecular complexity index is 400. The van der Waals surface area contributed by atoms with Crippen molar-refractivity contribution in [3.05, 3.63) is 23.9 Å². The Morgan fingerprint density at radius 3 is 3.12 bits per heavy atom. The second-order valence-corrected chi connectivity index (χ2v) is 4.22. The molecule has 1 aliphatic heterocycles. The maximum absolute atomic E-state index is 10.8. The van der Waals surface area contributed by atoms with Gasteiger partial charge in [-0.15, -0.1) is 0 Å². The van der Waals surface area contributed by atoms with Crippen LogP contribution in [0.1, 0.15) is 23.7 Å². The van der Waals surface area contributed by atoms with Gasteiger partial charge in [-0.2, -0.15) is 0 Å². The van der Waals surface area contributed by atoms with Crippen LogP contribution in [-0.4, -0.2) is 34.8 Å². The van der Waals surface area contributed by atoms with Crippen molar-refractivity contribution >= 4 is 11.8 Å². The van der Waals surface area contributed by atoms with Crippen LogP contribution in [0, 0.1) is 0 Å². The van der Waals surface area contributed by atoms with Crippen LogP contribution in [0.15, 0.2) is 18.3 Å². The summed E-state index contributed by atoms with van der Waals surface area (Å²) in [5.41, 5.74) is 0.0874. The Morgan fingerprint density at radius 1 is 1.69 bits per heavy atom. The molecule has 1 unspecified atom stereocenters. The van der Waals surface area contributed by atoms with Crippen LogP contribution in [0.2, 0.25) is 0 Å². The van der Waals surface area contributed by atoms with Gasteiger partial charge in [0.25, 0.3) is 0 Å². The van der Waals surface area contributed by atoms with Gasteiger partial charge in [-0.1, -0.05) is 0 Å². The number of aromatic carboxylic acids is 1. The Kier molecular flexibility index (Phi) is 2.78. The van der Waals surface area contributed by atoms with Gasteiger partial charge in [0.2, 0.25) is 0 Å². The first-order valence-electron chi connectivity index (χ1n) is 5.14. The maximum atomic E-state index is 10.8. The molecule has 1 aromatic heterocycles. The second-order valence-electron chi connectivity index (χ2n) is 4.22. The molecule has 5 heteroatoms. The van der Waals surface area contributed by atoms with Crippen molar-refractivity contribution in [3.8, 4) is 0 Å². The fraction of sp³-hybridized carbons (Fsp3) is 0.455. The van der Waals surface area contributed by atoms with Crippen LogP contribution in [-0.2, 0) is 4.74 Å². The number of hydrogen-bond acceptors (Lipinski definition) is 4. The van der Waals surface area contributed by atoms with Gasteiger partial charge in [-0.25, -0.2) is 9.78 Å². The van der Waals surface area contributed by atoms with Gasteiger partial charge in [0.05, 0.1) is 17.7 Å². The summed E-state index contributed by atoms with van der Waals surface area (Å²) in [6.07, 6.45) is 2.39. The molecule has 0 aromatic carbocycles. The van der Waals surface area contributed by atoms with E-state index in [-0.39, 0.29) is 11.1 Å². The molecular weight excluding hydrogens is 208 g/mol. The fourth-order valence-electron chi connectivity index (χ4n) is 1.71. The van der Waals surface area contributed by atoms with Crippen LogP contribution in [0.4, 0.5) is 5.82 Å². The minimum Gasteiger partial charge on any atom is -0.478 e. The standard InChI is InChI=1S/C11H14N2O3/c1-11(3-5-16-7-11)13-9-6-8(10(14)15)2-4-12-9/h2,4,6H,3,5,7H2,1H3,(H,12,13)(H,14,15). The number of pyridine rings is 1. The minimum atomic E-state index is -0.946. The lowest BCUT2D eigenvalue weighted by Crippen LogP contribution is -2.35. The Hall–Kier alpha value is -1.62. The molecular formula is C11H14N2O3. The van der Waals surface area contributed by atoms with Crippen LogP contribution >= 0.6 is 0 Å². The first-order chi connectivity index (χ1) is 7.59. The van der Waals surface area contributed by atoms with Gasteiger partial charge >= 0.3 is 5.97 Å². The fourth-order valence-corrected chi connectivity index (χ4v) is 1.71. The number of anilines is 1. The molecule has 2 rings (SSSR count). The van der Waals surface area contributed by atoms with E-state index in [1.165, 1.54) is 18.3 Å². The molecule has 1 saturated heterocycles. The second kappa shape index (κ2) is 4.09. The summed E-state index contributed by atoms with van der Waals surface area (Å²) in [5, 5.41) is 12.1. The molecule has 1 fully saturated rings. The molecule has 1 aromatic rings. The Labute approximate surface area is 93.5 Å². The molecule has 86 valence electrons. The van der Waals surface area contributed by atoms with Crippen molar-refractivity contribution in [2.75, 3.05) is 18.5 Å². The summed E-state index contributed by atoms with van der Waals surface area (Å²) in [6, 6.07) is 3.01. The zero-order chi connectivity index (χ0) is 11.6. The van der Waals surface area contributed by atoms with E-state index in [9.17, 15) is 4.79 Å². The summed E-state index contributed by atoms with van der Waals surface area (Å²) >= 11 is 0. The summed E-state index contributed by atoms with van der Waals surface area (Å²) in [6.45, 7) is 3.38. The van der Waals surface area contributed by atoms with Crippen molar-refractivity contribution in [2.45, 2.75) is 18.9 Å². The lowest BCUT2D eigenvalue weighted by Gasteiger charge is -2.24. The number of carboxylic acid groups (broad SMARTS) is 1. The number of nitrogens with zero attached hydrogens (tertiary/aromatic N) is 1. The Morgan fingerprint density at radius 2 is 2.50 bits per heavy atom. The number of nitrogens with one attached hydrogen (secondary N) is 1. The highest BCUT2D eigenvalue weighted by Crippen LogP contribution is 2.22. The lowest BCUT2D eigenvalue weighted by atomic mass is 10.0. The summed E-state index contributed by atoms with van der Waals surface area (Å²) in [7, 11) is 0. The molecule has 0 radical (unpaired) electrons. The maximum Gasteiger partial charge on any atom is 0.335 e. The Balaban J connectivity index is 2.15. The van der Waals surface area contributed by atoms with Gasteiger partial charge in [-0.05, 0) is 25.5 Å². The molecule has 1 aliphatic rings. The molecule has 1 atom stereocenters. The summed E-state index contributed by atoms with van der Waals surface area (Å²) in [4.78, 5) is 14.9. The van der Waals surface area contributed by atoms with Crippen LogP contribution in [0.5, 0.6) is 0 Å². The van der Waals surface area contributed by atoms with E-state index in [0.29, 0.717) is 12.4 Å². The van der Waals surface area contributed by atoms with Gasteiger partial charge in [0, 0.05) is 12.8 Å². The number of hydrogen-bond donors (Lipinski definition) is 2. The highest BCUT2D eigenvalue weighted by Gasteiger charge is 2.29. The van der Waals surface area contributed by atoms with Crippen molar-refractivity contribution in [1.82, 2.24) is 4.98 Å². The molecule has 0 bridgehead atoms. The van der Waals surface area contributed by atoms with Crippen molar-refractivity contribution in [1.29, 1.82) is 0 Å². The van der Waals surface area contributed by atoms with E-state index in [1.54, 1.807) is 0 Å². The SMILES string of the molecule is CC1(Nc2cc(C(=O)O)ccn2)CCOC1. The quantitative estimate of drug-likeness (QED) is 0.808. The molecule has 0 aliphatic carbocycles. The highest BCUT2D eigenvalue weighted by molar-refractivity contribution is 5.88. The molecule has 2 heterocycles. The smallest absolute Gasteiger partial charge is 0.335 e. The topological polar surface area (TPSA) is 71.5 Å².